The third kappa shape index (κ3) is 5.27. The van der Waals surface area contributed by atoms with Gasteiger partial charge in [-0.2, -0.15) is 0 Å². The molecular weight excluding hydrogens is 502 g/mol. The molecule has 1 unspecified atom stereocenters. The summed E-state index contributed by atoms with van der Waals surface area (Å²) in [6.07, 6.45) is 5.82. The predicted molar refractivity (Wildman–Crippen MR) is 142 cm³/mol. The second-order valence-corrected chi connectivity index (χ2v) is 9.08. The van der Waals surface area contributed by atoms with Gasteiger partial charge < -0.3 is 33.5 Å². The number of ketones is 1. The molecule has 39 heavy (non-hydrogen) atoms. The molecule has 1 N–H and O–H groups in total. The maximum atomic E-state index is 13.4. The number of Topliss-reactive ketones (excluding diaryl/α,β-unsaturated/α-hetero) is 1. The van der Waals surface area contributed by atoms with Crippen molar-refractivity contribution in [2.24, 2.45) is 0 Å². The zero-order valence-corrected chi connectivity index (χ0v) is 22.0. The fraction of sp³-hybridized carbons (Fsp3) is 0.345. The molecule has 1 saturated heterocycles. The summed E-state index contributed by atoms with van der Waals surface area (Å²) in [6, 6.07) is 9.46. The number of nitrogens with zero attached hydrogens (tertiary/aromatic N) is 3. The number of ether oxygens (including phenoxy) is 4. The lowest BCUT2D eigenvalue weighted by molar-refractivity contribution is -0.139. The first kappa shape index (κ1) is 26.1. The number of rotatable bonds is 10. The number of imidazole rings is 1. The average molecular weight is 534 g/mol. The Balaban J connectivity index is 1.57. The monoisotopic (exact) mass is 533 g/mol. The van der Waals surface area contributed by atoms with Crippen LogP contribution in [0.25, 0.3) is 5.76 Å². The van der Waals surface area contributed by atoms with Crippen LogP contribution < -0.4 is 18.9 Å². The molecule has 1 fully saturated rings. The van der Waals surface area contributed by atoms with Crippen molar-refractivity contribution >= 4 is 17.4 Å². The number of aliphatic hydroxyl groups excluding tert-OH is 1. The Morgan fingerprint density at radius 1 is 1.00 bits per heavy atom. The molecule has 2 aromatic carbocycles. The number of fused-ring (bicyclic) bond motifs is 1. The fourth-order valence-electron chi connectivity index (χ4n) is 4.88. The molecule has 5 rings (SSSR count). The summed E-state index contributed by atoms with van der Waals surface area (Å²) in [5.41, 5.74) is 0.991. The Morgan fingerprint density at radius 2 is 1.77 bits per heavy atom. The predicted octanol–water partition coefficient (Wildman–Crippen LogP) is 3.96. The first-order valence-electron chi connectivity index (χ1n) is 13.1. The summed E-state index contributed by atoms with van der Waals surface area (Å²) >= 11 is 0. The number of carbonyl (C=O) groups excluding carboxylic acids is 2. The minimum absolute atomic E-state index is 0.00548. The van der Waals surface area contributed by atoms with Crippen LogP contribution >= 0.6 is 0 Å². The van der Waals surface area contributed by atoms with Gasteiger partial charge in [-0.1, -0.05) is 6.07 Å². The molecule has 0 bridgehead atoms. The molecule has 10 nitrogen and oxygen atoms in total. The van der Waals surface area contributed by atoms with Crippen LogP contribution in [0.15, 0.2) is 60.7 Å². The highest BCUT2D eigenvalue weighted by atomic mass is 16.6. The number of aliphatic hydroxyl groups is 1. The van der Waals surface area contributed by atoms with Gasteiger partial charge >= 0.3 is 0 Å². The van der Waals surface area contributed by atoms with Gasteiger partial charge in [-0.15, -0.1) is 0 Å². The maximum Gasteiger partial charge on any atom is 0.295 e. The van der Waals surface area contributed by atoms with Crippen molar-refractivity contribution in [2.45, 2.75) is 32.9 Å². The van der Waals surface area contributed by atoms with Gasteiger partial charge in [0.1, 0.15) is 19.0 Å². The van der Waals surface area contributed by atoms with Crippen LogP contribution in [0.4, 0.5) is 0 Å². The first-order valence-corrected chi connectivity index (χ1v) is 13.1. The van der Waals surface area contributed by atoms with Crippen LogP contribution in [0.1, 0.15) is 37.4 Å². The molecule has 1 atom stereocenters. The molecule has 0 spiro atoms. The molecule has 0 saturated carbocycles. The van der Waals surface area contributed by atoms with E-state index in [1.165, 1.54) is 4.90 Å². The van der Waals surface area contributed by atoms with Crippen LogP contribution in [0.3, 0.4) is 0 Å². The molecule has 10 heteroatoms. The van der Waals surface area contributed by atoms with E-state index >= 15 is 0 Å². The van der Waals surface area contributed by atoms with E-state index in [9.17, 15) is 14.7 Å². The molecule has 2 aliphatic rings. The standard InChI is InChI=1S/C29H31N3O7/c1-3-36-21-8-6-19(16-23(21)37-4-2)26-25(27(33)20-7-9-22-24(17-20)39-15-14-38-22)28(34)29(35)32(26)12-5-11-31-13-10-30-18-31/h6-10,13,16-18,26,33H,3-5,11-12,14-15H2,1-2H3/b27-25+. The Morgan fingerprint density at radius 3 is 2.51 bits per heavy atom. The number of hydrogen-bond donors (Lipinski definition) is 1. The SMILES string of the molecule is CCOc1ccc(C2/C(=C(\O)c3ccc4c(c3)OCCO4)C(=O)C(=O)N2CCCn2ccnc2)cc1OCC. The number of carbonyl (C=O) groups is 2. The quantitative estimate of drug-likeness (QED) is 0.237. The van der Waals surface area contributed by atoms with Crippen LogP contribution in [-0.2, 0) is 16.1 Å². The lowest BCUT2D eigenvalue weighted by Gasteiger charge is -2.26. The fourth-order valence-corrected chi connectivity index (χ4v) is 4.88. The van der Waals surface area contributed by atoms with Gasteiger partial charge in [0.2, 0.25) is 0 Å². The van der Waals surface area contributed by atoms with Crippen LogP contribution in [-0.4, -0.2) is 64.2 Å². The van der Waals surface area contributed by atoms with Gasteiger partial charge in [-0.05, 0) is 56.2 Å². The highest BCUT2D eigenvalue weighted by Crippen LogP contribution is 2.43. The van der Waals surface area contributed by atoms with Crippen molar-refractivity contribution in [3.05, 3.63) is 71.8 Å². The maximum absolute atomic E-state index is 13.4. The highest BCUT2D eigenvalue weighted by Gasteiger charge is 2.46. The Hall–Kier alpha value is -4.47. The van der Waals surface area contributed by atoms with Gasteiger partial charge in [-0.3, -0.25) is 9.59 Å². The Bertz CT molecular complexity index is 1380. The van der Waals surface area contributed by atoms with Gasteiger partial charge in [0, 0.05) is 31.0 Å². The van der Waals surface area contributed by atoms with Gasteiger partial charge in [-0.25, -0.2) is 4.98 Å². The van der Waals surface area contributed by atoms with Crippen molar-refractivity contribution < 1.29 is 33.6 Å². The van der Waals surface area contributed by atoms with Crippen molar-refractivity contribution in [2.75, 3.05) is 33.0 Å². The van der Waals surface area contributed by atoms with E-state index in [-0.39, 0.29) is 11.3 Å². The van der Waals surface area contributed by atoms with Crippen molar-refractivity contribution in [3.8, 4) is 23.0 Å². The Labute approximate surface area is 226 Å². The number of amides is 1. The number of aryl methyl sites for hydroxylation is 1. The van der Waals surface area contributed by atoms with Crippen molar-refractivity contribution in [3.63, 3.8) is 0 Å². The van der Waals surface area contributed by atoms with Crippen molar-refractivity contribution in [1.29, 1.82) is 0 Å². The number of aromatic nitrogens is 2. The first-order chi connectivity index (χ1) is 19.0. The molecule has 1 aromatic heterocycles. The largest absolute Gasteiger partial charge is 0.507 e. The van der Waals surface area contributed by atoms with Gasteiger partial charge in [0.15, 0.2) is 23.0 Å². The minimum Gasteiger partial charge on any atom is -0.507 e. The van der Waals surface area contributed by atoms with E-state index in [2.05, 4.69) is 4.98 Å². The topological polar surface area (TPSA) is 112 Å². The molecule has 0 radical (unpaired) electrons. The minimum atomic E-state index is -0.823. The third-order valence-corrected chi connectivity index (χ3v) is 6.61. The summed E-state index contributed by atoms with van der Waals surface area (Å²) in [5, 5.41) is 11.5. The van der Waals surface area contributed by atoms with Crippen LogP contribution in [0.5, 0.6) is 23.0 Å². The molecule has 1 amide bonds. The second-order valence-electron chi connectivity index (χ2n) is 9.08. The van der Waals surface area contributed by atoms with Gasteiger partial charge in [0.25, 0.3) is 11.7 Å². The average Bonchev–Trinajstić information content (AvgIpc) is 3.56. The zero-order valence-electron chi connectivity index (χ0n) is 22.0. The zero-order chi connectivity index (χ0) is 27.4. The molecule has 204 valence electrons. The number of benzene rings is 2. The van der Waals surface area contributed by atoms with Crippen LogP contribution in [0.2, 0.25) is 0 Å². The second kappa shape index (κ2) is 11.5. The number of hydrogen-bond acceptors (Lipinski definition) is 8. The van der Waals surface area contributed by atoms with E-state index < -0.39 is 17.7 Å². The summed E-state index contributed by atoms with van der Waals surface area (Å²) in [7, 11) is 0. The van der Waals surface area contributed by atoms with E-state index in [1.807, 2.05) is 24.6 Å². The number of likely N-dealkylation sites (tertiary alicyclic amines) is 1. The van der Waals surface area contributed by atoms with Gasteiger partial charge in [0.05, 0.1) is 31.2 Å². The molecule has 2 aliphatic heterocycles. The summed E-state index contributed by atoms with van der Waals surface area (Å²) < 4.78 is 24.7. The third-order valence-electron chi connectivity index (χ3n) is 6.61. The van der Waals surface area contributed by atoms with E-state index in [0.717, 1.165) is 0 Å². The van der Waals surface area contributed by atoms with E-state index in [1.54, 1.807) is 48.9 Å². The summed E-state index contributed by atoms with van der Waals surface area (Å²) in [6.45, 7) is 6.34. The molecule has 0 aliphatic carbocycles. The summed E-state index contributed by atoms with van der Waals surface area (Å²) in [5.74, 6) is 0.392. The summed E-state index contributed by atoms with van der Waals surface area (Å²) in [4.78, 5) is 32.4. The smallest absolute Gasteiger partial charge is 0.295 e. The van der Waals surface area contributed by atoms with Crippen LogP contribution in [0, 0.1) is 0 Å². The normalized spacial score (nSPS) is 17.9. The molecule has 3 aromatic rings. The van der Waals surface area contributed by atoms with Crippen molar-refractivity contribution in [1.82, 2.24) is 14.5 Å². The van der Waals surface area contributed by atoms with E-state index in [4.69, 9.17) is 18.9 Å². The Kier molecular flexibility index (Phi) is 7.72. The highest BCUT2D eigenvalue weighted by molar-refractivity contribution is 6.46. The van der Waals surface area contributed by atoms with E-state index in [0.29, 0.717) is 80.1 Å². The lowest BCUT2D eigenvalue weighted by Crippen LogP contribution is -2.31. The molecule has 3 heterocycles. The lowest BCUT2D eigenvalue weighted by atomic mass is 9.94. The molecular formula is C29H31N3O7.